The molecule has 1 aromatic carbocycles. The SMILES string of the molecule is CN(Cc1cccc(F)c1)C(=O)[C@@H]1CCCN(C(=O)OC(C)(C)C)C1. The number of nitrogens with zero attached hydrogens (tertiary/aromatic N) is 2. The van der Waals surface area contributed by atoms with Crippen LogP contribution in [0.4, 0.5) is 9.18 Å². The fourth-order valence-electron chi connectivity index (χ4n) is 2.97. The van der Waals surface area contributed by atoms with Gasteiger partial charge in [0.2, 0.25) is 5.91 Å². The molecule has 0 aromatic heterocycles. The molecule has 0 radical (unpaired) electrons. The standard InChI is InChI=1S/C19H27FN2O3/c1-19(2,3)25-18(24)22-10-6-8-15(13-22)17(23)21(4)12-14-7-5-9-16(20)11-14/h5,7,9,11,15H,6,8,10,12-13H2,1-4H3/t15-/m1/s1. The van der Waals surface area contributed by atoms with Gasteiger partial charge in [-0.1, -0.05) is 12.1 Å². The first-order chi connectivity index (χ1) is 11.7. The topological polar surface area (TPSA) is 49.9 Å². The highest BCUT2D eigenvalue weighted by Gasteiger charge is 2.32. The third-order valence-corrected chi connectivity index (χ3v) is 4.11. The molecule has 0 aliphatic carbocycles. The Kier molecular flexibility index (Phi) is 6.03. The fourth-order valence-corrected chi connectivity index (χ4v) is 2.97. The van der Waals surface area contributed by atoms with Crippen molar-refractivity contribution in [2.24, 2.45) is 5.92 Å². The quantitative estimate of drug-likeness (QED) is 0.839. The largest absolute Gasteiger partial charge is 0.444 e. The van der Waals surface area contributed by atoms with Gasteiger partial charge in [-0.05, 0) is 51.3 Å². The lowest BCUT2D eigenvalue weighted by atomic mass is 9.96. The second kappa shape index (κ2) is 7.85. The van der Waals surface area contributed by atoms with Gasteiger partial charge in [0.1, 0.15) is 11.4 Å². The maximum atomic E-state index is 13.3. The van der Waals surface area contributed by atoms with E-state index in [1.165, 1.54) is 12.1 Å². The van der Waals surface area contributed by atoms with E-state index >= 15 is 0 Å². The summed E-state index contributed by atoms with van der Waals surface area (Å²) >= 11 is 0. The number of likely N-dealkylation sites (tertiary alicyclic amines) is 1. The minimum atomic E-state index is -0.553. The van der Waals surface area contributed by atoms with Gasteiger partial charge in [0.25, 0.3) is 0 Å². The van der Waals surface area contributed by atoms with E-state index in [1.807, 2.05) is 20.8 Å². The molecule has 1 fully saturated rings. The van der Waals surface area contributed by atoms with Crippen LogP contribution in [0.25, 0.3) is 0 Å². The minimum absolute atomic E-state index is 0.0301. The zero-order chi connectivity index (χ0) is 18.6. The van der Waals surface area contributed by atoms with Crippen molar-refractivity contribution in [2.45, 2.75) is 45.8 Å². The summed E-state index contributed by atoms with van der Waals surface area (Å²) in [5.41, 5.74) is 0.193. The van der Waals surface area contributed by atoms with Crippen molar-refractivity contribution >= 4 is 12.0 Å². The first kappa shape index (κ1) is 19.2. The van der Waals surface area contributed by atoms with Crippen LogP contribution in [0, 0.1) is 11.7 Å². The molecule has 1 aromatic rings. The molecule has 138 valence electrons. The van der Waals surface area contributed by atoms with E-state index in [-0.39, 0.29) is 23.7 Å². The summed E-state index contributed by atoms with van der Waals surface area (Å²) in [5, 5.41) is 0. The van der Waals surface area contributed by atoms with Gasteiger partial charge in [0.15, 0.2) is 0 Å². The molecule has 6 heteroatoms. The third-order valence-electron chi connectivity index (χ3n) is 4.11. The van der Waals surface area contributed by atoms with E-state index in [4.69, 9.17) is 4.74 Å². The van der Waals surface area contributed by atoms with Crippen LogP contribution in [0.2, 0.25) is 0 Å². The highest BCUT2D eigenvalue weighted by atomic mass is 19.1. The van der Waals surface area contributed by atoms with Crippen molar-refractivity contribution in [3.8, 4) is 0 Å². The number of rotatable bonds is 3. The molecule has 2 rings (SSSR count). The van der Waals surface area contributed by atoms with Gasteiger partial charge in [-0.3, -0.25) is 4.79 Å². The average Bonchev–Trinajstić information content (AvgIpc) is 2.52. The number of piperidine rings is 1. The van der Waals surface area contributed by atoms with Crippen molar-refractivity contribution in [2.75, 3.05) is 20.1 Å². The molecule has 0 unspecified atom stereocenters. The van der Waals surface area contributed by atoms with Crippen LogP contribution in [0.1, 0.15) is 39.2 Å². The Morgan fingerprint density at radius 3 is 2.72 bits per heavy atom. The molecular weight excluding hydrogens is 323 g/mol. The summed E-state index contributed by atoms with van der Waals surface area (Å²) in [6.45, 7) is 6.78. The number of ether oxygens (including phenoxy) is 1. The van der Waals surface area contributed by atoms with Crippen LogP contribution in [-0.4, -0.2) is 47.5 Å². The average molecular weight is 350 g/mol. The van der Waals surface area contributed by atoms with Gasteiger partial charge < -0.3 is 14.5 Å². The Morgan fingerprint density at radius 2 is 2.08 bits per heavy atom. The van der Waals surface area contributed by atoms with Gasteiger partial charge >= 0.3 is 6.09 Å². The molecule has 1 aliphatic heterocycles. The van der Waals surface area contributed by atoms with Gasteiger partial charge in [-0.15, -0.1) is 0 Å². The van der Waals surface area contributed by atoms with E-state index in [9.17, 15) is 14.0 Å². The molecule has 0 saturated carbocycles. The zero-order valence-electron chi connectivity index (χ0n) is 15.4. The van der Waals surface area contributed by atoms with E-state index in [1.54, 1.807) is 29.0 Å². The van der Waals surface area contributed by atoms with E-state index in [0.717, 1.165) is 18.4 Å². The maximum Gasteiger partial charge on any atom is 0.410 e. The number of amides is 2. The molecule has 25 heavy (non-hydrogen) atoms. The summed E-state index contributed by atoms with van der Waals surface area (Å²) in [4.78, 5) is 28.1. The predicted octanol–water partition coefficient (Wildman–Crippen LogP) is 3.43. The predicted molar refractivity (Wildman–Crippen MR) is 93.4 cm³/mol. The summed E-state index contributed by atoms with van der Waals surface area (Å²) < 4.78 is 18.7. The van der Waals surface area contributed by atoms with Gasteiger partial charge in [0, 0.05) is 26.7 Å². The Balaban J connectivity index is 1.95. The third kappa shape index (κ3) is 5.73. The number of carbonyl (C=O) groups excluding carboxylic acids is 2. The molecule has 1 saturated heterocycles. The number of benzene rings is 1. The first-order valence-corrected chi connectivity index (χ1v) is 8.63. The summed E-state index contributed by atoms with van der Waals surface area (Å²) in [5.74, 6) is -0.593. The highest BCUT2D eigenvalue weighted by molar-refractivity contribution is 5.80. The Labute approximate surface area is 148 Å². The molecule has 1 heterocycles. The molecule has 0 spiro atoms. The van der Waals surface area contributed by atoms with Gasteiger partial charge in [0.05, 0.1) is 5.92 Å². The first-order valence-electron chi connectivity index (χ1n) is 8.63. The molecule has 0 N–H and O–H groups in total. The molecule has 1 atom stereocenters. The molecule has 1 aliphatic rings. The summed E-state index contributed by atoms with van der Waals surface area (Å²) in [6.07, 6.45) is 1.13. The van der Waals surface area contributed by atoms with E-state index in [2.05, 4.69) is 0 Å². The fraction of sp³-hybridized carbons (Fsp3) is 0.579. The van der Waals surface area contributed by atoms with Crippen LogP contribution in [0.5, 0.6) is 0 Å². The molecule has 0 bridgehead atoms. The van der Waals surface area contributed by atoms with E-state index < -0.39 is 5.60 Å². The number of carbonyl (C=O) groups is 2. The minimum Gasteiger partial charge on any atom is -0.444 e. The number of halogens is 1. The summed E-state index contributed by atoms with van der Waals surface area (Å²) in [6, 6.07) is 6.23. The zero-order valence-corrected chi connectivity index (χ0v) is 15.4. The molecular formula is C19H27FN2O3. The smallest absolute Gasteiger partial charge is 0.410 e. The van der Waals surface area contributed by atoms with Crippen molar-refractivity contribution in [1.82, 2.24) is 9.80 Å². The monoisotopic (exact) mass is 350 g/mol. The van der Waals surface area contributed by atoms with Crippen LogP contribution < -0.4 is 0 Å². The Bertz CT molecular complexity index is 627. The van der Waals surface area contributed by atoms with E-state index in [0.29, 0.717) is 19.6 Å². The van der Waals surface area contributed by atoms with Gasteiger partial charge in [-0.2, -0.15) is 0 Å². The van der Waals surface area contributed by atoms with Crippen molar-refractivity contribution < 1.29 is 18.7 Å². The lowest BCUT2D eigenvalue weighted by Crippen LogP contribution is -2.47. The lowest BCUT2D eigenvalue weighted by molar-refractivity contribution is -0.136. The van der Waals surface area contributed by atoms with Crippen LogP contribution in [0.15, 0.2) is 24.3 Å². The maximum absolute atomic E-state index is 13.3. The molecule has 2 amide bonds. The highest BCUT2D eigenvalue weighted by Crippen LogP contribution is 2.21. The normalized spacial score (nSPS) is 18.0. The van der Waals surface area contributed by atoms with Crippen molar-refractivity contribution in [3.63, 3.8) is 0 Å². The number of hydrogen-bond acceptors (Lipinski definition) is 3. The van der Waals surface area contributed by atoms with Crippen LogP contribution >= 0.6 is 0 Å². The van der Waals surface area contributed by atoms with Crippen LogP contribution in [0.3, 0.4) is 0 Å². The second-order valence-electron chi connectivity index (χ2n) is 7.59. The molecule has 5 nitrogen and oxygen atoms in total. The Morgan fingerprint density at radius 1 is 1.36 bits per heavy atom. The van der Waals surface area contributed by atoms with Crippen molar-refractivity contribution in [1.29, 1.82) is 0 Å². The Hall–Kier alpha value is -2.11. The summed E-state index contributed by atoms with van der Waals surface area (Å²) in [7, 11) is 1.71. The number of hydrogen-bond donors (Lipinski definition) is 0. The lowest BCUT2D eigenvalue weighted by Gasteiger charge is -2.35. The van der Waals surface area contributed by atoms with Gasteiger partial charge in [-0.25, -0.2) is 9.18 Å². The van der Waals surface area contributed by atoms with Crippen LogP contribution in [-0.2, 0) is 16.1 Å². The second-order valence-corrected chi connectivity index (χ2v) is 7.59. The van der Waals surface area contributed by atoms with Crippen molar-refractivity contribution in [3.05, 3.63) is 35.6 Å².